The van der Waals surface area contributed by atoms with Crippen LogP contribution in [0.5, 0.6) is 0 Å². The summed E-state index contributed by atoms with van der Waals surface area (Å²) in [6.07, 6.45) is 2.10. The van der Waals surface area contributed by atoms with Crippen molar-refractivity contribution in [1.82, 2.24) is 0 Å². The first-order chi connectivity index (χ1) is 9.38. The normalized spacial score (nSPS) is 14.4. The van der Waals surface area contributed by atoms with E-state index in [0.29, 0.717) is 0 Å². The second kappa shape index (κ2) is 5.16. The first kappa shape index (κ1) is 11.8. The topological polar surface area (TPSA) is 27.0 Å². The SMILES string of the molecule is N#Cc1ccccc1N1CCc2ccccc2CC1. The second-order valence-electron chi connectivity index (χ2n) is 4.88. The van der Waals surface area contributed by atoms with Gasteiger partial charge in [-0.2, -0.15) is 5.26 Å². The number of fused-ring (bicyclic) bond motifs is 1. The first-order valence-electron chi connectivity index (χ1n) is 6.69. The molecule has 1 heterocycles. The molecule has 0 saturated carbocycles. The van der Waals surface area contributed by atoms with Crippen molar-refractivity contribution >= 4 is 5.69 Å². The molecule has 0 aliphatic carbocycles. The summed E-state index contributed by atoms with van der Waals surface area (Å²) < 4.78 is 0. The molecule has 0 amide bonds. The van der Waals surface area contributed by atoms with Crippen molar-refractivity contribution in [3.8, 4) is 6.07 Å². The zero-order valence-electron chi connectivity index (χ0n) is 10.8. The molecule has 3 rings (SSSR count). The van der Waals surface area contributed by atoms with Crippen LogP contribution in [0.15, 0.2) is 48.5 Å². The fourth-order valence-corrected chi connectivity index (χ4v) is 2.75. The number of anilines is 1. The summed E-state index contributed by atoms with van der Waals surface area (Å²) in [4.78, 5) is 2.33. The molecule has 2 heteroatoms. The van der Waals surface area contributed by atoms with Crippen LogP contribution in [-0.4, -0.2) is 13.1 Å². The molecule has 0 aromatic heterocycles. The number of hydrogen-bond donors (Lipinski definition) is 0. The molecule has 0 saturated heterocycles. The third-order valence-corrected chi connectivity index (χ3v) is 3.79. The third-order valence-electron chi connectivity index (χ3n) is 3.79. The highest BCUT2D eigenvalue weighted by Crippen LogP contribution is 2.23. The molecule has 0 spiro atoms. The van der Waals surface area contributed by atoms with Gasteiger partial charge in [0, 0.05) is 13.1 Å². The second-order valence-corrected chi connectivity index (χ2v) is 4.88. The molecule has 19 heavy (non-hydrogen) atoms. The maximum absolute atomic E-state index is 9.22. The first-order valence-corrected chi connectivity index (χ1v) is 6.69. The monoisotopic (exact) mass is 248 g/mol. The molecule has 0 fully saturated rings. The molecule has 0 N–H and O–H groups in total. The maximum Gasteiger partial charge on any atom is 0.101 e. The zero-order valence-corrected chi connectivity index (χ0v) is 10.8. The van der Waals surface area contributed by atoms with Gasteiger partial charge in [0.1, 0.15) is 6.07 Å². The molecule has 2 aromatic carbocycles. The Morgan fingerprint density at radius 2 is 1.42 bits per heavy atom. The highest BCUT2D eigenvalue weighted by atomic mass is 15.1. The Bertz CT molecular complexity index is 598. The van der Waals surface area contributed by atoms with Gasteiger partial charge in [-0.1, -0.05) is 36.4 Å². The minimum atomic E-state index is 0.772. The standard InChI is InChI=1S/C17H16N2/c18-13-16-7-3-4-8-17(16)19-11-9-14-5-1-2-6-15(14)10-12-19/h1-8H,9-12H2. The summed E-state index contributed by atoms with van der Waals surface area (Å²) in [5, 5.41) is 9.22. The lowest BCUT2D eigenvalue weighted by atomic mass is 10.0. The Hall–Kier alpha value is -2.27. The summed E-state index contributed by atoms with van der Waals surface area (Å²) in [5.74, 6) is 0. The summed E-state index contributed by atoms with van der Waals surface area (Å²) >= 11 is 0. The number of rotatable bonds is 1. The molecular formula is C17H16N2. The fraction of sp³-hybridized carbons (Fsp3) is 0.235. The van der Waals surface area contributed by atoms with Crippen molar-refractivity contribution in [3.63, 3.8) is 0 Å². The maximum atomic E-state index is 9.22. The van der Waals surface area contributed by atoms with E-state index >= 15 is 0 Å². The summed E-state index contributed by atoms with van der Waals surface area (Å²) in [6.45, 7) is 1.96. The van der Waals surface area contributed by atoms with Crippen LogP contribution in [0, 0.1) is 11.3 Å². The van der Waals surface area contributed by atoms with Crippen LogP contribution in [0.4, 0.5) is 5.69 Å². The Labute approximate surface area is 113 Å². The van der Waals surface area contributed by atoms with Crippen LogP contribution in [0.2, 0.25) is 0 Å². The van der Waals surface area contributed by atoms with Gasteiger partial charge in [0.05, 0.1) is 11.3 Å². The number of nitrogens with zero attached hydrogens (tertiary/aromatic N) is 2. The van der Waals surface area contributed by atoms with Crippen molar-refractivity contribution in [1.29, 1.82) is 5.26 Å². The van der Waals surface area contributed by atoms with Crippen molar-refractivity contribution in [2.45, 2.75) is 12.8 Å². The van der Waals surface area contributed by atoms with Gasteiger partial charge in [-0.25, -0.2) is 0 Å². The van der Waals surface area contributed by atoms with E-state index in [0.717, 1.165) is 37.2 Å². The molecule has 2 aromatic rings. The third kappa shape index (κ3) is 2.32. The highest BCUT2D eigenvalue weighted by Gasteiger charge is 2.15. The Kier molecular flexibility index (Phi) is 3.20. The van der Waals surface area contributed by atoms with Crippen LogP contribution in [0.25, 0.3) is 0 Å². The van der Waals surface area contributed by atoms with Gasteiger partial charge in [0.2, 0.25) is 0 Å². The van der Waals surface area contributed by atoms with Gasteiger partial charge in [-0.3, -0.25) is 0 Å². The fourth-order valence-electron chi connectivity index (χ4n) is 2.75. The van der Waals surface area contributed by atoms with E-state index in [-0.39, 0.29) is 0 Å². The van der Waals surface area contributed by atoms with Gasteiger partial charge in [0.15, 0.2) is 0 Å². The number of hydrogen-bond acceptors (Lipinski definition) is 2. The van der Waals surface area contributed by atoms with E-state index in [2.05, 4.69) is 41.3 Å². The van der Waals surface area contributed by atoms with Gasteiger partial charge >= 0.3 is 0 Å². The van der Waals surface area contributed by atoms with Crippen LogP contribution in [0.1, 0.15) is 16.7 Å². The van der Waals surface area contributed by atoms with Gasteiger partial charge in [-0.15, -0.1) is 0 Å². The lowest BCUT2D eigenvalue weighted by Gasteiger charge is -2.23. The van der Waals surface area contributed by atoms with E-state index in [4.69, 9.17) is 0 Å². The predicted molar refractivity (Wildman–Crippen MR) is 77.2 cm³/mol. The van der Waals surface area contributed by atoms with Gasteiger partial charge < -0.3 is 4.90 Å². The average Bonchev–Trinajstić information content (AvgIpc) is 2.70. The zero-order chi connectivity index (χ0) is 13.1. The van der Waals surface area contributed by atoms with Crippen LogP contribution in [-0.2, 0) is 12.8 Å². The van der Waals surface area contributed by atoms with Crippen molar-refractivity contribution in [3.05, 3.63) is 65.2 Å². The summed E-state index contributed by atoms with van der Waals surface area (Å²) in [7, 11) is 0. The molecule has 94 valence electrons. The molecule has 0 unspecified atom stereocenters. The van der Waals surface area contributed by atoms with Crippen LogP contribution < -0.4 is 4.90 Å². The Balaban J connectivity index is 1.88. The van der Waals surface area contributed by atoms with Gasteiger partial charge in [0.25, 0.3) is 0 Å². The molecular weight excluding hydrogens is 232 g/mol. The van der Waals surface area contributed by atoms with Crippen molar-refractivity contribution in [2.75, 3.05) is 18.0 Å². The molecule has 2 nitrogen and oxygen atoms in total. The minimum absolute atomic E-state index is 0.772. The van der Waals surface area contributed by atoms with E-state index in [1.165, 1.54) is 11.1 Å². The average molecular weight is 248 g/mol. The van der Waals surface area contributed by atoms with Crippen molar-refractivity contribution in [2.24, 2.45) is 0 Å². The smallest absolute Gasteiger partial charge is 0.101 e. The highest BCUT2D eigenvalue weighted by molar-refractivity contribution is 5.59. The predicted octanol–water partition coefficient (Wildman–Crippen LogP) is 3.16. The Morgan fingerprint density at radius 1 is 0.842 bits per heavy atom. The van der Waals surface area contributed by atoms with E-state index in [1.807, 2.05) is 18.2 Å². The largest absolute Gasteiger partial charge is 0.370 e. The summed E-state index contributed by atoms with van der Waals surface area (Å²) in [5.41, 5.74) is 4.73. The minimum Gasteiger partial charge on any atom is -0.370 e. The van der Waals surface area contributed by atoms with E-state index in [1.54, 1.807) is 0 Å². The lowest BCUT2D eigenvalue weighted by molar-refractivity contribution is 0.804. The van der Waals surface area contributed by atoms with Crippen molar-refractivity contribution < 1.29 is 0 Å². The van der Waals surface area contributed by atoms with Crippen LogP contribution in [0.3, 0.4) is 0 Å². The van der Waals surface area contributed by atoms with Gasteiger partial charge in [-0.05, 0) is 36.1 Å². The molecule has 1 aliphatic rings. The number of benzene rings is 2. The quantitative estimate of drug-likeness (QED) is 0.775. The number of para-hydroxylation sites is 1. The summed E-state index contributed by atoms with van der Waals surface area (Å²) in [6, 6.07) is 18.8. The molecule has 0 bridgehead atoms. The van der Waals surface area contributed by atoms with E-state index in [9.17, 15) is 5.26 Å². The number of nitriles is 1. The van der Waals surface area contributed by atoms with Crippen LogP contribution >= 0.6 is 0 Å². The molecule has 0 atom stereocenters. The Morgan fingerprint density at radius 3 is 2.05 bits per heavy atom. The molecule has 0 radical (unpaired) electrons. The van der Waals surface area contributed by atoms with E-state index < -0.39 is 0 Å². The lowest BCUT2D eigenvalue weighted by Crippen LogP contribution is -2.26. The molecule has 1 aliphatic heterocycles.